The Balaban J connectivity index is 1.95. The quantitative estimate of drug-likeness (QED) is 0.144. The lowest BCUT2D eigenvalue weighted by atomic mass is 9.88. The van der Waals surface area contributed by atoms with Crippen molar-refractivity contribution in [3.05, 3.63) is 70.9 Å². The van der Waals surface area contributed by atoms with Gasteiger partial charge in [-0.25, -0.2) is 4.57 Å². The first-order valence-corrected chi connectivity index (χ1v) is 12.6. The second-order valence-electron chi connectivity index (χ2n) is 11.9. The fourth-order valence-corrected chi connectivity index (χ4v) is 6.03. The Morgan fingerprint density at radius 3 is 2.35 bits per heavy atom. The van der Waals surface area contributed by atoms with Crippen LogP contribution in [0, 0.1) is 19.3 Å². The largest absolute Gasteiger partial charge is 0.307 e. The Kier molecular flexibility index (Phi) is 4.37. The van der Waals surface area contributed by atoms with Crippen LogP contribution in [0.25, 0.3) is 49.0 Å². The average Bonchev–Trinajstić information content (AvgIpc) is 3.07. The fraction of sp³-hybridized carbons (Fsp3) is 0.344. The van der Waals surface area contributed by atoms with Gasteiger partial charge in [-0.2, -0.15) is 0 Å². The van der Waals surface area contributed by atoms with Crippen molar-refractivity contribution in [2.75, 3.05) is 0 Å². The number of rotatable bonds is 2. The predicted octanol–water partition coefficient (Wildman–Crippen LogP) is 8.14. The van der Waals surface area contributed by atoms with E-state index in [0.29, 0.717) is 5.92 Å². The van der Waals surface area contributed by atoms with E-state index in [0.717, 1.165) is 6.42 Å². The van der Waals surface area contributed by atoms with E-state index in [1.165, 1.54) is 71.3 Å². The molecule has 0 saturated carbocycles. The third-order valence-electron chi connectivity index (χ3n) is 7.75. The highest BCUT2D eigenvalue weighted by Gasteiger charge is 2.25. The van der Waals surface area contributed by atoms with Crippen molar-refractivity contribution in [1.82, 2.24) is 4.40 Å². The van der Waals surface area contributed by atoms with E-state index in [9.17, 15) is 0 Å². The molecule has 0 fully saturated rings. The Morgan fingerprint density at radius 2 is 1.65 bits per heavy atom. The number of benzene rings is 3. The SMILES string of the molecule is Cc1cc2c3ccc(CC(C)(C)C)cc3n3c4cc(C(C)C)cc5cc[n+](C)c(c(c1C)c23)c54. The number of fused-ring (bicyclic) bond motifs is 5. The molecule has 0 atom stereocenters. The predicted molar refractivity (Wildman–Crippen MR) is 147 cm³/mol. The van der Waals surface area contributed by atoms with Crippen LogP contribution in [0.4, 0.5) is 0 Å². The number of aryl methyl sites for hydroxylation is 3. The first-order chi connectivity index (χ1) is 16.0. The molecule has 0 N–H and O–H groups in total. The molecule has 3 aromatic carbocycles. The first-order valence-electron chi connectivity index (χ1n) is 12.6. The lowest BCUT2D eigenvalue weighted by Gasteiger charge is -2.18. The van der Waals surface area contributed by atoms with Crippen LogP contribution in [0.3, 0.4) is 0 Å². The molecular weight excluding hydrogens is 412 g/mol. The van der Waals surface area contributed by atoms with Gasteiger partial charge in [-0.15, -0.1) is 0 Å². The standard InChI is InChI=1S/C32H35N2/c1-18(2)23-15-22-11-12-33(8)31-28-20(4)19(3)13-25-24-10-9-21(17-32(5,6)7)14-26(24)34(30(25)28)27(16-23)29(22)31/h9-16,18H,17H2,1-8H3/q+1. The van der Waals surface area contributed by atoms with Gasteiger partial charge in [0, 0.05) is 16.8 Å². The van der Waals surface area contributed by atoms with Gasteiger partial charge in [-0.3, -0.25) is 0 Å². The highest BCUT2D eigenvalue weighted by atomic mass is 15.0. The minimum Gasteiger partial charge on any atom is -0.307 e. The molecule has 6 aromatic rings. The van der Waals surface area contributed by atoms with Gasteiger partial charge < -0.3 is 4.40 Å². The van der Waals surface area contributed by atoms with Gasteiger partial charge in [0.15, 0.2) is 6.20 Å². The highest BCUT2D eigenvalue weighted by molar-refractivity contribution is 6.26. The molecule has 0 radical (unpaired) electrons. The van der Waals surface area contributed by atoms with Crippen molar-refractivity contribution in [3.8, 4) is 0 Å². The van der Waals surface area contributed by atoms with Crippen LogP contribution >= 0.6 is 0 Å². The number of nitrogens with zero attached hydrogens (tertiary/aromatic N) is 2. The molecule has 0 aliphatic rings. The lowest BCUT2D eigenvalue weighted by Crippen LogP contribution is -2.29. The van der Waals surface area contributed by atoms with Crippen molar-refractivity contribution in [2.24, 2.45) is 12.5 Å². The Morgan fingerprint density at radius 1 is 0.882 bits per heavy atom. The number of aromatic nitrogens is 2. The molecular formula is C32H35N2+. The van der Waals surface area contributed by atoms with Gasteiger partial charge in [-0.1, -0.05) is 52.8 Å². The molecule has 34 heavy (non-hydrogen) atoms. The molecule has 172 valence electrons. The fourth-order valence-electron chi connectivity index (χ4n) is 6.03. The van der Waals surface area contributed by atoms with E-state index in [2.05, 4.69) is 113 Å². The maximum Gasteiger partial charge on any atom is 0.224 e. The summed E-state index contributed by atoms with van der Waals surface area (Å²) in [6.07, 6.45) is 3.31. The first kappa shape index (κ1) is 21.4. The summed E-state index contributed by atoms with van der Waals surface area (Å²) in [6, 6.07) is 16.7. The zero-order chi connectivity index (χ0) is 24.1. The summed E-state index contributed by atoms with van der Waals surface area (Å²) in [5.41, 5.74) is 11.2. The zero-order valence-electron chi connectivity index (χ0n) is 21.8. The Labute approximate surface area is 202 Å². The number of hydrogen-bond donors (Lipinski definition) is 0. The minimum absolute atomic E-state index is 0.255. The minimum atomic E-state index is 0.255. The van der Waals surface area contributed by atoms with E-state index < -0.39 is 0 Å². The van der Waals surface area contributed by atoms with Crippen LogP contribution in [-0.2, 0) is 13.5 Å². The molecule has 2 nitrogen and oxygen atoms in total. The van der Waals surface area contributed by atoms with Crippen LogP contribution in [-0.4, -0.2) is 4.40 Å². The summed E-state index contributed by atoms with van der Waals surface area (Å²) < 4.78 is 4.91. The van der Waals surface area contributed by atoms with Crippen LogP contribution < -0.4 is 4.57 Å². The molecule has 0 saturated heterocycles. The van der Waals surface area contributed by atoms with Gasteiger partial charge in [0.25, 0.3) is 0 Å². The monoisotopic (exact) mass is 447 g/mol. The number of hydrogen-bond acceptors (Lipinski definition) is 0. The van der Waals surface area contributed by atoms with Crippen molar-refractivity contribution in [2.45, 2.75) is 60.8 Å². The third-order valence-corrected chi connectivity index (χ3v) is 7.75. The molecule has 6 rings (SSSR count). The van der Waals surface area contributed by atoms with E-state index in [1.54, 1.807) is 0 Å². The zero-order valence-corrected chi connectivity index (χ0v) is 21.8. The molecule has 2 heteroatoms. The molecule has 0 unspecified atom stereocenters. The van der Waals surface area contributed by atoms with Crippen molar-refractivity contribution >= 4 is 49.0 Å². The normalized spacial score (nSPS) is 13.1. The van der Waals surface area contributed by atoms with Crippen molar-refractivity contribution in [3.63, 3.8) is 0 Å². The van der Waals surface area contributed by atoms with E-state index in [1.807, 2.05) is 0 Å². The van der Waals surface area contributed by atoms with Crippen LogP contribution in [0.2, 0.25) is 0 Å². The van der Waals surface area contributed by atoms with Crippen LogP contribution in [0.1, 0.15) is 62.8 Å². The van der Waals surface area contributed by atoms with Crippen molar-refractivity contribution in [1.29, 1.82) is 0 Å². The molecule has 0 bridgehead atoms. The van der Waals surface area contributed by atoms with E-state index in [4.69, 9.17) is 0 Å². The maximum absolute atomic E-state index is 2.58. The van der Waals surface area contributed by atoms with E-state index in [-0.39, 0.29) is 5.41 Å². The summed E-state index contributed by atoms with van der Waals surface area (Å²) in [7, 11) is 2.20. The average molecular weight is 448 g/mol. The third kappa shape index (κ3) is 2.90. The Hall–Kier alpha value is -3.13. The summed E-state index contributed by atoms with van der Waals surface area (Å²) in [4.78, 5) is 0. The molecule has 3 heterocycles. The van der Waals surface area contributed by atoms with E-state index >= 15 is 0 Å². The van der Waals surface area contributed by atoms with Gasteiger partial charge in [0.05, 0.1) is 27.3 Å². The van der Waals surface area contributed by atoms with Crippen LogP contribution in [0.5, 0.6) is 0 Å². The second kappa shape index (κ2) is 6.95. The van der Waals surface area contributed by atoms with Gasteiger partial charge in [-0.05, 0) is 77.4 Å². The second-order valence-corrected chi connectivity index (χ2v) is 11.9. The highest BCUT2D eigenvalue weighted by Crippen LogP contribution is 2.42. The number of pyridine rings is 2. The van der Waals surface area contributed by atoms with Gasteiger partial charge >= 0.3 is 0 Å². The van der Waals surface area contributed by atoms with Crippen LogP contribution in [0.15, 0.2) is 48.7 Å². The van der Waals surface area contributed by atoms with Gasteiger partial charge in [0.1, 0.15) is 7.05 Å². The topological polar surface area (TPSA) is 8.29 Å². The maximum atomic E-state index is 2.58. The Bertz CT molecular complexity index is 1760. The summed E-state index contributed by atoms with van der Waals surface area (Å²) >= 11 is 0. The smallest absolute Gasteiger partial charge is 0.224 e. The summed E-state index contributed by atoms with van der Waals surface area (Å²) in [5.74, 6) is 0.480. The van der Waals surface area contributed by atoms with Gasteiger partial charge in [0.2, 0.25) is 5.52 Å². The molecule has 0 aliphatic heterocycles. The summed E-state index contributed by atoms with van der Waals surface area (Å²) in [6.45, 7) is 16.1. The molecule has 0 spiro atoms. The molecule has 0 aliphatic carbocycles. The summed E-state index contributed by atoms with van der Waals surface area (Å²) in [5, 5.41) is 6.82. The molecule has 3 aromatic heterocycles. The lowest BCUT2D eigenvalue weighted by molar-refractivity contribution is -0.643. The molecule has 0 amide bonds. The van der Waals surface area contributed by atoms with Crippen molar-refractivity contribution < 1.29 is 4.57 Å².